The maximum Gasteiger partial charge on any atom is 0.313 e. The van der Waals surface area contributed by atoms with Crippen molar-refractivity contribution in [2.24, 2.45) is 0 Å². The number of Topliss-reactive ketones (excluding diaryl/α,β-unsaturated/α-hetero) is 1. The quantitative estimate of drug-likeness (QED) is 0.370. The fraction of sp³-hybridized carbons (Fsp3) is 0.150. The SMILES string of the molecule is COC(=O)CC(=O)c1cccc(OCc2ccc3ccc(Cl)cc3n2)c1. The van der Waals surface area contributed by atoms with Crippen molar-refractivity contribution in [3.63, 3.8) is 0 Å². The van der Waals surface area contributed by atoms with Crippen LogP contribution in [0.15, 0.2) is 54.6 Å². The summed E-state index contributed by atoms with van der Waals surface area (Å²) in [6.45, 7) is 0.247. The zero-order chi connectivity index (χ0) is 18.5. The van der Waals surface area contributed by atoms with Gasteiger partial charge >= 0.3 is 5.97 Å². The zero-order valence-electron chi connectivity index (χ0n) is 14.1. The lowest BCUT2D eigenvalue weighted by Gasteiger charge is -2.08. The third-order valence-corrected chi connectivity index (χ3v) is 4.02. The number of fused-ring (bicyclic) bond motifs is 1. The Morgan fingerprint density at radius 2 is 1.88 bits per heavy atom. The van der Waals surface area contributed by atoms with Crippen LogP contribution in [0.3, 0.4) is 0 Å². The van der Waals surface area contributed by atoms with Gasteiger partial charge in [-0.1, -0.05) is 35.9 Å². The largest absolute Gasteiger partial charge is 0.487 e. The van der Waals surface area contributed by atoms with Gasteiger partial charge in [0.05, 0.1) is 18.3 Å². The minimum absolute atomic E-state index is 0.247. The number of carbonyl (C=O) groups excluding carboxylic acids is 2. The lowest BCUT2D eigenvalue weighted by Crippen LogP contribution is -2.09. The Bertz CT molecular complexity index is 971. The molecular weight excluding hydrogens is 354 g/mol. The number of methoxy groups -OCH3 is 1. The van der Waals surface area contributed by atoms with E-state index in [-0.39, 0.29) is 18.8 Å². The predicted octanol–water partition coefficient (Wildman–Crippen LogP) is 4.21. The topological polar surface area (TPSA) is 65.5 Å². The third-order valence-electron chi connectivity index (χ3n) is 3.79. The molecular formula is C20H16ClNO4. The van der Waals surface area contributed by atoms with Crippen LogP contribution >= 0.6 is 11.6 Å². The van der Waals surface area contributed by atoms with Crippen molar-refractivity contribution in [1.29, 1.82) is 0 Å². The van der Waals surface area contributed by atoms with Gasteiger partial charge in [0.1, 0.15) is 18.8 Å². The molecule has 0 saturated carbocycles. The monoisotopic (exact) mass is 369 g/mol. The Kier molecular flexibility index (Phi) is 5.49. The normalized spacial score (nSPS) is 10.5. The minimum atomic E-state index is -0.569. The van der Waals surface area contributed by atoms with Crippen molar-refractivity contribution in [2.75, 3.05) is 7.11 Å². The fourth-order valence-electron chi connectivity index (χ4n) is 2.43. The molecule has 0 radical (unpaired) electrons. The molecule has 0 spiro atoms. The Balaban J connectivity index is 1.70. The number of nitrogens with zero attached hydrogens (tertiary/aromatic N) is 1. The number of carbonyl (C=O) groups is 2. The molecule has 6 heteroatoms. The number of hydrogen-bond acceptors (Lipinski definition) is 5. The van der Waals surface area contributed by atoms with E-state index >= 15 is 0 Å². The smallest absolute Gasteiger partial charge is 0.313 e. The summed E-state index contributed by atoms with van der Waals surface area (Å²) < 4.78 is 10.2. The van der Waals surface area contributed by atoms with Crippen LogP contribution in [0.2, 0.25) is 5.02 Å². The van der Waals surface area contributed by atoms with Gasteiger partial charge in [-0.25, -0.2) is 4.98 Å². The molecule has 0 N–H and O–H groups in total. The van der Waals surface area contributed by atoms with E-state index in [9.17, 15) is 9.59 Å². The Labute approximate surface area is 155 Å². The number of esters is 1. The van der Waals surface area contributed by atoms with E-state index in [0.717, 1.165) is 16.6 Å². The van der Waals surface area contributed by atoms with Crippen LogP contribution in [0.5, 0.6) is 5.75 Å². The molecule has 0 aliphatic carbocycles. The number of aromatic nitrogens is 1. The van der Waals surface area contributed by atoms with E-state index in [0.29, 0.717) is 16.3 Å². The summed E-state index contributed by atoms with van der Waals surface area (Å²) in [5, 5.41) is 1.62. The van der Waals surface area contributed by atoms with Crippen LogP contribution in [0.4, 0.5) is 0 Å². The van der Waals surface area contributed by atoms with Gasteiger partial charge in [0.15, 0.2) is 5.78 Å². The first-order valence-corrected chi connectivity index (χ1v) is 8.31. The second-order valence-electron chi connectivity index (χ2n) is 5.63. The maximum atomic E-state index is 12.0. The van der Waals surface area contributed by atoms with Crippen LogP contribution in [0, 0.1) is 0 Å². The molecule has 1 heterocycles. The standard InChI is InChI=1S/C20H16ClNO4/c1-25-20(24)11-19(23)14-3-2-4-17(9-14)26-12-16-8-6-13-5-7-15(21)10-18(13)22-16/h2-10H,11-12H2,1H3. The van der Waals surface area contributed by atoms with Crippen molar-refractivity contribution in [1.82, 2.24) is 4.98 Å². The molecule has 1 aromatic heterocycles. The van der Waals surface area contributed by atoms with Crippen LogP contribution in [-0.2, 0) is 16.1 Å². The van der Waals surface area contributed by atoms with Crippen LogP contribution < -0.4 is 4.74 Å². The summed E-state index contributed by atoms with van der Waals surface area (Å²) in [7, 11) is 1.25. The zero-order valence-corrected chi connectivity index (χ0v) is 14.8. The lowest BCUT2D eigenvalue weighted by molar-refractivity contribution is -0.139. The number of ether oxygens (including phenoxy) is 2. The number of ketones is 1. The van der Waals surface area contributed by atoms with Crippen molar-refractivity contribution >= 4 is 34.3 Å². The highest BCUT2D eigenvalue weighted by Crippen LogP contribution is 2.20. The first kappa shape index (κ1) is 17.9. The second kappa shape index (κ2) is 7.97. The van der Waals surface area contributed by atoms with E-state index < -0.39 is 5.97 Å². The average Bonchev–Trinajstić information content (AvgIpc) is 2.66. The summed E-state index contributed by atoms with van der Waals surface area (Å²) in [6, 6.07) is 16.0. The van der Waals surface area contributed by atoms with Crippen LogP contribution in [0.25, 0.3) is 10.9 Å². The molecule has 0 bridgehead atoms. The number of halogens is 1. The predicted molar refractivity (Wildman–Crippen MR) is 98.5 cm³/mol. The molecule has 0 fully saturated rings. The second-order valence-corrected chi connectivity index (χ2v) is 6.07. The Hall–Kier alpha value is -2.92. The Morgan fingerprint density at radius 3 is 2.69 bits per heavy atom. The van der Waals surface area contributed by atoms with Gasteiger partial charge in [0.2, 0.25) is 0 Å². The summed E-state index contributed by atoms with van der Waals surface area (Å²) in [5.41, 5.74) is 1.93. The van der Waals surface area contributed by atoms with Gasteiger partial charge in [-0.3, -0.25) is 9.59 Å². The van der Waals surface area contributed by atoms with Gasteiger partial charge in [-0.2, -0.15) is 0 Å². The van der Waals surface area contributed by atoms with Gasteiger partial charge < -0.3 is 9.47 Å². The number of benzene rings is 2. The van der Waals surface area contributed by atoms with E-state index in [1.807, 2.05) is 24.3 Å². The molecule has 0 saturated heterocycles. The van der Waals surface area contributed by atoms with Crippen molar-refractivity contribution in [3.8, 4) is 5.75 Å². The van der Waals surface area contributed by atoms with Crippen LogP contribution in [-0.4, -0.2) is 23.8 Å². The number of pyridine rings is 1. The highest BCUT2D eigenvalue weighted by Gasteiger charge is 2.12. The van der Waals surface area contributed by atoms with Gasteiger partial charge in [0, 0.05) is 16.0 Å². The van der Waals surface area contributed by atoms with Gasteiger partial charge in [-0.15, -0.1) is 0 Å². The minimum Gasteiger partial charge on any atom is -0.487 e. The molecule has 3 aromatic rings. The number of rotatable bonds is 6. The molecule has 2 aromatic carbocycles. The average molecular weight is 370 g/mol. The summed E-state index contributed by atoms with van der Waals surface area (Å²) >= 11 is 6.00. The summed E-state index contributed by atoms with van der Waals surface area (Å²) in [5.74, 6) is -0.366. The molecule has 3 rings (SSSR count). The van der Waals surface area contributed by atoms with E-state index in [1.165, 1.54) is 7.11 Å². The maximum absolute atomic E-state index is 12.0. The molecule has 0 amide bonds. The van der Waals surface area contributed by atoms with Gasteiger partial charge in [0.25, 0.3) is 0 Å². The highest BCUT2D eigenvalue weighted by molar-refractivity contribution is 6.31. The molecule has 0 aliphatic heterocycles. The first-order valence-electron chi connectivity index (χ1n) is 7.93. The molecule has 0 unspecified atom stereocenters. The molecule has 26 heavy (non-hydrogen) atoms. The van der Waals surface area contributed by atoms with E-state index in [2.05, 4.69) is 9.72 Å². The number of hydrogen-bond donors (Lipinski definition) is 0. The molecule has 0 atom stereocenters. The van der Waals surface area contributed by atoms with Crippen LogP contribution in [0.1, 0.15) is 22.5 Å². The molecule has 0 aliphatic rings. The van der Waals surface area contributed by atoms with Crippen molar-refractivity contribution < 1.29 is 19.1 Å². The van der Waals surface area contributed by atoms with E-state index in [1.54, 1.807) is 30.3 Å². The van der Waals surface area contributed by atoms with E-state index in [4.69, 9.17) is 16.3 Å². The fourth-order valence-corrected chi connectivity index (χ4v) is 2.60. The Morgan fingerprint density at radius 1 is 1.08 bits per heavy atom. The molecule has 5 nitrogen and oxygen atoms in total. The van der Waals surface area contributed by atoms with Crippen molar-refractivity contribution in [3.05, 3.63) is 70.9 Å². The summed E-state index contributed by atoms with van der Waals surface area (Å²) in [6.07, 6.45) is -0.299. The molecule has 132 valence electrons. The van der Waals surface area contributed by atoms with Crippen molar-refractivity contribution in [2.45, 2.75) is 13.0 Å². The highest BCUT2D eigenvalue weighted by atomic mass is 35.5. The third kappa shape index (κ3) is 4.37. The summed E-state index contributed by atoms with van der Waals surface area (Å²) in [4.78, 5) is 27.8. The first-order chi connectivity index (χ1) is 12.5. The lowest BCUT2D eigenvalue weighted by atomic mass is 10.1. The van der Waals surface area contributed by atoms with Gasteiger partial charge in [-0.05, 0) is 30.3 Å².